The second kappa shape index (κ2) is 5.50. The van der Waals surface area contributed by atoms with Crippen LogP contribution in [0.5, 0.6) is 0 Å². The van der Waals surface area contributed by atoms with E-state index in [9.17, 15) is 9.18 Å². The summed E-state index contributed by atoms with van der Waals surface area (Å²) in [4.78, 5) is 12.5. The number of hydrogen-bond acceptors (Lipinski definition) is 3. The Kier molecular flexibility index (Phi) is 4.30. The van der Waals surface area contributed by atoms with Gasteiger partial charge in [-0.25, -0.2) is 9.18 Å². The lowest BCUT2D eigenvalue weighted by Gasteiger charge is -2.20. The minimum absolute atomic E-state index is 0.145. The number of amides is 1. The quantitative estimate of drug-likeness (QED) is 0.718. The van der Waals surface area contributed by atoms with E-state index < -0.39 is 12.3 Å². The molecule has 1 atom stereocenters. The third-order valence-corrected chi connectivity index (χ3v) is 2.07. The molecule has 0 saturated heterocycles. The van der Waals surface area contributed by atoms with Crippen LogP contribution in [0.3, 0.4) is 0 Å². The van der Waals surface area contributed by atoms with Crippen molar-refractivity contribution in [3.05, 3.63) is 23.8 Å². The highest BCUT2D eigenvalue weighted by molar-refractivity contribution is 5.67. The molecular formula is C10H15FN2O2. The van der Waals surface area contributed by atoms with E-state index in [4.69, 9.17) is 5.73 Å². The van der Waals surface area contributed by atoms with E-state index in [0.29, 0.717) is 13.0 Å². The van der Waals surface area contributed by atoms with Crippen molar-refractivity contribution < 1.29 is 13.9 Å². The molecule has 0 heterocycles. The first-order valence-electron chi connectivity index (χ1n) is 4.71. The Morgan fingerprint density at radius 2 is 2.53 bits per heavy atom. The predicted octanol–water partition coefficient (Wildman–Crippen LogP) is 1.20. The summed E-state index contributed by atoms with van der Waals surface area (Å²) in [5.41, 5.74) is 5.93. The summed E-state index contributed by atoms with van der Waals surface area (Å²) in [7, 11) is 1.59. The van der Waals surface area contributed by atoms with Gasteiger partial charge in [0.1, 0.15) is 12.9 Å². The molecule has 0 fully saturated rings. The molecule has 1 amide bonds. The Balaban J connectivity index is 2.44. The second-order valence-corrected chi connectivity index (χ2v) is 3.36. The molecule has 0 aromatic heterocycles. The summed E-state index contributed by atoms with van der Waals surface area (Å²) in [6, 6.07) is 0. The van der Waals surface area contributed by atoms with Gasteiger partial charge < -0.3 is 9.64 Å². The van der Waals surface area contributed by atoms with Crippen LogP contribution < -0.4 is 5.73 Å². The molecule has 1 rings (SSSR count). The second-order valence-electron chi connectivity index (χ2n) is 3.36. The lowest BCUT2D eigenvalue weighted by Crippen LogP contribution is -2.31. The Bertz CT molecular complexity index is 289. The molecule has 0 aliphatic heterocycles. The molecule has 15 heavy (non-hydrogen) atoms. The topological polar surface area (TPSA) is 55.6 Å². The van der Waals surface area contributed by atoms with Gasteiger partial charge in [0.15, 0.2) is 0 Å². The molecule has 1 unspecified atom stereocenters. The average molecular weight is 214 g/mol. The summed E-state index contributed by atoms with van der Waals surface area (Å²) >= 11 is 0. The van der Waals surface area contributed by atoms with Crippen molar-refractivity contribution in [1.29, 1.82) is 0 Å². The van der Waals surface area contributed by atoms with Crippen molar-refractivity contribution in [2.24, 2.45) is 5.73 Å². The third kappa shape index (κ3) is 3.71. The van der Waals surface area contributed by atoms with Crippen molar-refractivity contribution >= 4 is 6.09 Å². The number of alkyl halides is 1. The monoisotopic (exact) mass is 214 g/mol. The van der Waals surface area contributed by atoms with Gasteiger partial charge in [-0.1, -0.05) is 18.2 Å². The van der Waals surface area contributed by atoms with Gasteiger partial charge >= 0.3 is 6.09 Å². The van der Waals surface area contributed by atoms with Crippen LogP contribution in [0.15, 0.2) is 23.8 Å². The van der Waals surface area contributed by atoms with E-state index in [-0.39, 0.29) is 6.73 Å². The first kappa shape index (κ1) is 11.7. The van der Waals surface area contributed by atoms with Crippen LogP contribution in [0.4, 0.5) is 9.18 Å². The number of allylic oxidation sites excluding steroid dienone is 3. The maximum atomic E-state index is 13.0. The van der Waals surface area contributed by atoms with Gasteiger partial charge in [-0.3, -0.25) is 5.73 Å². The largest absolute Gasteiger partial charge is 0.434 e. The first-order valence-corrected chi connectivity index (χ1v) is 4.71. The number of halogens is 1. The van der Waals surface area contributed by atoms with E-state index in [1.165, 1.54) is 11.0 Å². The van der Waals surface area contributed by atoms with E-state index in [1.807, 2.05) is 6.08 Å². The van der Waals surface area contributed by atoms with Gasteiger partial charge in [-0.2, -0.15) is 0 Å². The van der Waals surface area contributed by atoms with Crippen molar-refractivity contribution in [2.75, 3.05) is 20.3 Å². The average Bonchev–Trinajstić information content (AvgIpc) is 2.18. The number of rotatable bonds is 3. The summed E-state index contributed by atoms with van der Waals surface area (Å²) in [5.74, 6) is 0. The van der Waals surface area contributed by atoms with E-state index in [0.717, 1.165) is 5.57 Å². The minimum Gasteiger partial charge on any atom is -0.434 e. The molecular weight excluding hydrogens is 199 g/mol. The van der Waals surface area contributed by atoms with Crippen molar-refractivity contribution in [3.63, 3.8) is 0 Å². The number of hydrogen-bond donors (Lipinski definition) is 1. The fourth-order valence-electron chi connectivity index (χ4n) is 1.37. The molecule has 4 nitrogen and oxygen atoms in total. The molecule has 0 aromatic carbocycles. The normalized spacial score (nSPS) is 19.7. The number of nitrogens with two attached hydrogens (primary N) is 1. The number of carbonyl (C=O) groups excluding carboxylic acids is 1. The SMILES string of the molecule is CN(CC1=CC=CC(F)C1)C(=O)OCN. The van der Waals surface area contributed by atoms with Gasteiger partial charge in [0.05, 0.1) is 0 Å². The number of carbonyl (C=O) groups is 1. The van der Waals surface area contributed by atoms with Crippen LogP contribution in [0, 0.1) is 0 Å². The van der Waals surface area contributed by atoms with Crippen LogP contribution in [0.2, 0.25) is 0 Å². The van der Waals surface area contributed by atoms with Gasteiger partial charge in [-0.15, -0.1) is 0 Å². The molecule has 0 aromatic rings. The molecule has 1 aliphatic rings. The van der Waals surface area contributed by atoms with Gasteiger partial charge in [0, 0.05) is 20.0 Å². The Labute approximate surface area is 88.2 Å². The molecule has 0 radical (unpaired) electrons. The standard InChI is InChI=1S/C10H15FN2O2/c1-13(10(14)15-7-12)6-8-3-2-4-9(11)5-8/h2-4,9H,5-7,12H2,1H3. The zero-order valence-corrected chi connectivity index (χ0v) is 8.65. The van der Waals surface area contributed by atoms with Gasteiger partial charge in [-0.05, 0) is 5.57 Å². The summed E-state index contributed by atoms with van der Waals surface area (Å²) in [6.07, 6.45) is 3.83. The summed E-state index contributed by atoms with van der Waals surface area (Å²) < 4.78 is 17.5. The number of nitrogens with zero attached hydrogens (tertiary/aromatic N) is 1. The molecule has 0 saturated carbocycles. The van der Waals surface area contributed by atoms with Crippen LogP contribution in [-0.4, -0.2) is 37.5 Å². The highest BCUT2D eigenvalue weighted by atomic mass is 19.1. The molecule has 84 valence electrons. The first-order chi connectivity index (χ1) is 7.13. The van der Waals surface area contributed by atoms with Crippen LogP contribution >= 0.6 is 0 Å². The third-order valence-electron chi connectivity index (χ3n) is 2.07. The van der Waals surface area contributed by atoms with Crippen LogP contribution in [-0.2, 0) is 4.74 Å². The smallest absolute Gasteiger partial charge is 0.411 e. The van der Waals surface area contributed by atoms with E-state index in [1.54, 1.807) is 13.1 Å². The van der Waals surface area contributed by atoms with Crippen molar-refractivity contribution in [1.82, 2.24) is 4.90 Å². The van der Waals surface area contributed by atoms with Gasteiger partial charge in [0.25, 0.3) is 0 Å². The molecule has 0 spiro atoms. The number of likely N-dealkylation sites (N-methyl/N-ethyl adjacent to an activating group) is 1. The Morgan fingerprint density at radius 3 is 3.13 bits per heavy atom. The van der Waals surface area contributed by atoms with E-state index >= 15 is 0 Å². The lowest BCUT2D eigenvalue weighted by molar-refractivity contribution is 0.116. The van der Waals surface area contributed by atoms with Gasteiger partial charge in [0.2, 0.25) is 0 Å². The fourth-order valence-corrected chi connectivity index (χ4v) is 1.37. The molecule has 2 N–H and O–H groups in total. The zero-order chi connectivity index (χ0) is 11.3. The van der Waals surface area contributed by atoms with Crippen LogP contribution in [0.1, 0.15) is 6.42 Å². The highest BCUT2D eigenvalue weighted by Crippen LogP contribution is 2.16. The Morgan fingerprint density at radius 1 is 1.80 bits per heavy atom. The maximum absolute atomic E-state index is 13.0. The Hall–Kier alpha value is -1.36. The summed E-state index contributed by atoms with van der Waals surface area (Å²) in [5, 5.41) is 0. The summed E-state index contributed by atoms with van der Waals surface area (Å²) in [6.45, 7) is 0.220. The van der Waals surface area contributed by atoms with Crippen LogP contribution in [0.25, 0.3) is 0 Å². The number of ether oxygens (including phenoxy) is 1. The lowest BCUT2D eigenvalue weighted by atomic mass is 10.0. The molecule has 1 aliphatic carbocycles. The fraction of sp³-hybridized carbons (Fsp3) is 0.500. The zero-order valence-electron chi connectivity index (χ0n) is 8.65. The predicted molar refractivity (Wildman–Crippen MR) is 54.9 cm³/mol. The minimum atomic E-state index is -0.955. The van der Waals surface area contributed by atoms with Crippen molar-refractivity contribution in [3.8, 4) is 0 Å². The molecule has 5 heteroatoms. The van der Waals surface area contributed by atoms with E-state index in [2.05, 4.69) is 4.74 Å². The highest BCUT2D eigenvalue weighted by Gasteiger charge is 2.15. The molecule has 0 bridgehead atoms. The van der Waals surface area contributed by atoms with Crippen molar-refractivity contribution in [2.45, 2.75) is 12.6 Å². The maximum Gasteiger partial charge on any atom is 0.411 e.